The lowest BCUT2D eigenvalue weighted by atomic mass is 9.95. The number of ether oxygens (including phenoxy) is 2. The Kier molecular flexibility index (Phi) is 5.95. The molecule has 130 valence electrons. The van der Waals surface area contributed by atoms with Crippen molar-refractivity contribution in [2.24, 2.45) is 0 Å². The van der Waals surface area contributed by atoms with Gasteiger partial charge in [-0.3, -0.25) is 0 Å². The average Bonchev–Trinajstić information content (AvgIpc) is 2.55. The summed E-state index contributed by atoms with van der Waals surface area (Å²) < 4.78 is 23.8. The van der Waals surface area contributed by atoms with Gasteiger partial charge in [0.2, 0.25) is 0 Å². The highest BCUT2D eigenvalue weighted by atomic mass is 79.9. The third kappa shape index (κ3) is 3.76. The van der Waals surface area contributed by atoms with Crippen LogP contribution < -0.4 is 5.32 Å². The van der Waals surface area contributed by atoms with Gasteiger partial charge in [0.25, 0.3) is 0 Å². The monoisotopic (exact) mass is 400 g/mol. The van der Waals surface area contributed by atoms with Crippen LogP contribution >= 0.6 is 15.9 Å². The molecule has 1 unspecified atom stereocenters. The fourth-order valence-electron chi connectivity index (χ4n) is 2.34. The molecule has 0 aromatic heterocycles. The molecule has 1 aromatic rings. The highest BCUT2D eigenvalue weighted by Gasteiger charge is 2.35. The number of hydrogen-bond acceptors (Lipinski definition) is 4. The summed E-state index contributed by atoms with van der Waals surface area (Å²) in [5, 5.41) is 2.73. The van der Waals surface area contributed by atoms with Crippen LogP contribution in [-0.2, 0) is 14.3 Å². The van der Waals surface area contributed by atoms with Crippen molar-refractivity contribution in [2.75, 3.05) is 27.4 Å². The van der Waals surface area contributed by atoms with Crippen LogP contribution in [0, 0.1) is 5.82 Å². The van der Waals surface area contributed by atoms with Crippen molar-refractivity contribution in [1.82, 2.24) is 10.2 Å². The van der Waals surface area contributed by atoms with Gasteiger partial charge in [-0.15, -0.1) is 0 Å². The van der Waals surface area contributed by atoms with Crippen LogP contribution in [-0.4, -0.2) is 44.3 Å². The van der Waals surface area contributed by atoms with Gasteiger partial charge in [-0.2, -0.15) is 0 Å². The highest BCUT2D eigenvalue weighted by molar-refractivity contribution is 9.10. The predicted molar refractivity (Wildman–Crippen MR) is 88.7 cm³/mol. The number of methoxy groups -OCH3 is 1. The van der Waals surface area contributed by atoms with Gasteiger partial charge in [-0.1, -0.05) is 6.07 Å². The summed E-state index contributed by atoms with van der Waals surface area (Å²) in [5.74, 6) is -0.982. The van der Waals surface area contributed by atoms with E-state index in [4.69, 9.17) is 9.47 Å². The van der Waals surface area contributed by atoms with E-state index in [1.54, 1.807) is 14.0 Å². The van der Waals surface area contributed by atoms with Crippen LogP contribution in [0.15, 0.2) is 33.9 Å². The third-order valence-electron chi connectivity index (χ3n) is 3.77. The van der Waals surface area contributed by atoms with Crippen LogP contribution in [0.3, 0.4) is 0 Å². The number of benzene rings is 1. The van der Waals surface area contributed by atoms with Gasteiger partial charge in [0.15, 0.2) is 0 Å². The van der Waals surface area contributed by atoms with Gasteiger partial charge >= 0.3 is 12.0 Å². The van der Waals surface area contributed by atoms with Gasteiger partial charge in [0, 0.05) is 19.9 Å². The number of halogens is 2. The topological polar surface area (TPSA) is 67.9 Å². The standard InChI is InChI=1S/C16H18BrFN2O4/c1-9-13(15(21)24-7-6-23-3)14(19-16(22)20(9)2)10-4-5-12(18)11(17)8-10/h4-5,8,14H,6-7H2,1-3H3,(H,19,22). The van der Waals surface area contributed by atoms with Crippen molar-refractivity contribution in [3.63, 3.8) is 0 Å². The molecule has 0 bridgehead atoms. The first-order valence-electron chi connectivity index (χ1n) is 7.22. The minimum absolute atomic E-state index is 0.101. The smallest absolute Gasteiger partial charge is 0.338 e. The summed E-state index contributed by atoms with van der Waals surface area (Å²) in [6, 6.07) is 3.24. The average molecular weight is 401 g/mol. The maximum Gasteiger partial charge on any atom is 0.338 e. The number of rotatable bonds is 5. The molecule has 6 nitrogen and oxygen atoms in total. The van der Waals surface area contributed by atoms with E-state index < -0.39 is 17.8 Å². The lowest BCUT2D eigenvalue weighted by molar-refractivity contribution is -0.140. The molecule has 0 fully saturated rings. The van der Waals surface area contributed by atoms with Crippen molar-refractivity contribution >= 4 is 27.9 Å². The van der Waals surface area contributed by atoms with Crippen molar-refractivity contribution in [1.29, 1.82) is 0 Å². The number of urea groups is 1. The largest absolute Gasteiger partial charge is 0.460 e. The molecule has 1 N–H and O–H groups in total. The van der Waals surface area contributed by atoms with Crippen molar-refractivity contribution in [2.45, 2.75) is 13.0 Å². The Labute approximate surface area is 147 Å². The maximum absolute atomic E-state index is 13.5. The molecule has 0 aliphatic carbocycles. The number of amides is 2. The maximum atomic E-state index is 13.5. The van der Waals surface area contributed by atoms with Crippen LogP contribution in [0.5, 0.6) is 0 Å². The molecule has 1 aliphatic rings. The second-order valence-corrected chi connectivity index (χ2v) is 6.10. The number of allylic oxidation sites excluding steroid dienone is 1. The second-order valence-electron chi connectivity index (χ2n) is 5.24. The summed E-state index contributed by atoms with van der Waals surface area (Å²) in [7, 11) is 3.07. The molecule has 0 radical (unpaired) electrons. The SMILES string of the molecule is COCCOC(=O)C1=C(C)N(C)C(=O)NC1c1ccc(F)c(Br)c1. The predicted octanol–water partition coefficient (Wildman–Crippen LogP) is 2.75. The van der Waals surface area contributed by atoms with E-state index in [1.165, 1.54) is 30.2 Å². The molecule has 1 heterocycles. The normalized spacial score (nSPS) is 17.8. The molecule has 0 saturated heterocycles. The molecular weight excluding hydrogens is 383 g/mol. The summed E-state index contributed by atoms with van der Waals surface area (Å²) in [4.78, 5) is 25.9. The number of carbonyl (C=O) groups excluding carboxylic acids is 2. The van der Waals surface area contributed by atoms with Gasteiger partial charge < -0.3 is 19.7 Å². The number of nitrogens with zero attached hydrogens (tertiary/aromatic N) is 1. The van der Waals surface area contributed by atoms with Crippen molar-refractivity contribution in [3.8, 4) is 0 Å². The van der Waals surface area contributed by atoms with Crippen LogP contribution in [0.25, 0.3) is 0 Å². The lowest BCUT2D eigenvalue weighted by Gasteiger charge is -2.33. The Morgan fingerprint density at radius 1 is 1.42 bits per heavy atom. The Balaban J connectivity index is 2.40. The molecule has 1 atom stereocenters. The van der Waals surface area contributed by atoms with Gasteiger partial charge in [-0.05, 0) is 40.5 Å². The summed E-state index contributed by atoms with van der Waals surface area (Å²) >= 11 is 3.12. The Bertz CT molecular complexity index is 693. The molecule has 24 heavy (non-hydrogen) atoms. The minimum Gasteiger partial charge on any atom is -0.460 e. The zero-order chi connectivity index (χ0) is 17.9. The summed E-state index contributed by atoms with van der Waals surface area (Å²) in [6.07, 6.45) is 0. The van der Waals surface area contributed by atoms with E-state index >= 15 is 0 Å². The molecule has 1 aliphatic heterocycles. The van der Waals surface area contributed by atoms with Crippen LogP contribution in [0.2, 0.25) is 0 Å². The first-order chi connectivity index (χ1) is 11.4. The Morgan fingerprint density at radius 2 is 2.12 bits per heavy atom. The van der Waals surface area contributed by atoms with E-state index in [2.05, 4.69) is 21.2 Å². The van der Waals surface area contributed by atoms with E-state index in [0.717, 1.165) is 0 Å². The number of carbonyl (C=O) groups is 2. The minimum atomic E-state index is -0.722. The van der Waals surface area contributed by atoms with Crippen molar-refractivity contribution in [3.05, 3.63) is 45.3 Å². The van der Waals surface area contributed by atoms with Gasteiger partial charge in [0.1, 0.15) is 12.4 Å². The van der Waals surface area contributed by atoms with E-state index in [9.17, 15) is 14.0 Å². The van der Waals surface area contributed by atoms with Crippen LogP contribution in [0.4, 0.5) is 9.18 Å². The first kappa shape index (κ1) is 18.4. The Morgan fingerprint density at radius 3 is 2.75 bits per heavy atom. The van der Waals surface area contributed by atoms with E-state index in [-0.39, 0.29) is 23.7 Å². The number of hydrogen-bond donors (Lipinski definition) is 1. The van der Waals surface area contributed by atoms with E-state index in [1.807, 2.05) is 0 Å². The Hall–Kier alpha value is -1.93. The fraction of sp³-hybridized carbons (Fsp3) is 0.375. The number of nitrogens with one attached hydrogen (secondary N) is 1. The highest BCUT2D eigenvalue weighted by Crippen LogP contribution is 2.32. The first-order valence-corrected chi connectivity index (χ1v) is 8.02. The molecule has 2 rings (SSSR count). The molecule has 2 amide bonds. The summed E-state index contributed by atoms with van der Waals surface area (Å²) in [5.41, 5.74) is 1.35. The zero-order valence-electron chi connectivity index (χ0n) is 13.6. The zero-order valence-corrected chi connectivity index (χ0v) is 15.1. The van der Waals surface area contributed by atoms with Gasteiger partial charge in [-0.25, -0.2) is 14.0 Å². The number of esters is 1. The van der Waals surface area contributed by atoms with Crippen LogP contribution in [0.1, 0.15) is 18.5 Å². The van der Waals surface area contributed by atoms with Crippen molar-refractivity contribution < 1.29 is 23.5 Å². The molecule has 0 spiro atoms. The lowest BCUT2D eigenvalue weighted by Crippen LogP contribution is -2.46. The van der Waals surface area contributed by atoms with Gasteiger partial charge in [0.05, 0.1) is 22.7 Å². The molecule has 0 saturated carbocycles. The molecule has 1 aromatic carbocycles. The molecule has 8 heteroatoms. The molecular formula is C16H18BrFN2O4. The second kappa shape index (κ2) is 7.76. The third-order valence-corrected chi connectivity index (χ3v) is 4.38. The fourth-order valence-corrected chi connectivity index (χ4v) is 2.73. The van der Waals surface area contributed by atoms with E-state index in [0.29, 0.717) is 16.8 Å². The quantitative estimate of drug-likeness (QED) is 0.609. The summed E-state index contributed by atoms with van der Waals surface area (Å²) in [6.45, 7) is 2.04.